The van der Waals surface area contributed by atoms with Gasteiger partial charge in [-0.2, -0.15) is 0 Å². The first kappa shape index (κ1) is 54.1. The molecule has 9 aromatic carbocycles. The third-order valence-electron chi connectivity index (χ3n) is 22.2. The minimum Gasteiger partial charge on any atom is -0.334 e. The van der Waals surface area contributed by atoms with Crippen molar-refractivity contribution in [1.82, 2.24) is 0 Å². The molecule has 426 valence electrons. The van der Waals surface area contributed by atoms with Gasteiger partial charge in [-0.1, -0.05) is 223 Å². The van der Waals surface area contributed by atoms with Gasteiger partial charge in [0, 0.05) is 50.8 Å². The average Bonchev–Trinajstić information content (AvgIpc) is 1.94. The first-order valence-electron chi connectivity index (χ1n) is 31.9. The average molecular weight is 1110 g/mol. The molecule has 0 amide bonds. The summed E-state index contributed by atoms with van der Waals surface area (Å²) in [4.78, 5) is 8.38. The Morgan fingerprint density at radius 1 is 0.388 bits per heavy atom. The van der Waals surface area contributed by atoms with Crippen LogP contribution in [-0.4, -0.2) is 12.3 Å². The molecule has 0 bridgehead atoms. The highest BCUT2D eigenvalue weighted by Crippen LogP contribution is 2.63. The summed E-state index contributed by atoms with van der Waals surface area (Å²) >= 11 is 0. The number of aryl methyl sites for hydroxylation is 1. The summed E-state index contributed by atoms with van der Waals surface area (Å²) in [6.45, 7) is 34.5. The zero-order valence-corrected chi connectivity index (χ0v) is 53.0. The van der Waals surface area contributed by atoms with Crippen LogP contribution in [0.5, 0.6) is 0 Å². The van der Waals surface area contributed by atoms with Gasteiger partial charge in [0.2, 0.25) is 0 Å². The van der Waals surface area contributed by atoms with Crippen LogP contribution in [0.1, 0.15) is 167 Å². The fourth-order valence-electron chi connectivity index (χ4n) is 18.3. The Balaban J connectivity index is 1.10. The van der Waals surface area contributed by atoms with Crippen molar-refractivity contribution in [3.8, 4) is 33.4 Å². The third-order valence-corrected chi connectivity index (χ3v) is 22.2. The van der Waals surface area contributed by atoms with Crippen LogP contribution >= 0.6 is 0 Å². The minimum absolute atomic E-state index is 0.00251. The van der Waals surface area contributed by atoms with E-state index in [1.54, 1.807) is 0 Å². The highest BCUT2D eigenvalue weighted by Gasteiger charge is 2.59. The van der Waals surface area contributed by atoms with Crippen molar-refractivity contribution >= 4 is 68.6 Å². The smallest absolute Gasteiger partial charge is 0.252 e. The van der Waals surface area contributed by atoms with Crippen LogP contribution in [-0.2, 0) is 32.5 Å². The fourth-order valence-corrected chi connectivity index (χ4v) is 18.3. The van der Waals surface area contributed by atoms with Crippen LogP contribution in [0, 0.1) is 6.92 Å². The SMILES string of the molecule is Cc1cc2c(cc1N1c3ccc(-c4ccccc4)cc3B3c4cc5c(cc4N(c4ccc(C(C)(C)C)cc4-c4ccccc4)c4cc(N6c7ccc(-c8ccccc8)cc7C7(C)CCCCC67C)cc1c43)C(C)(C)CC5(C)C)C(C)(C)CC2(C)C. The molecule has 1 fully saturated rings. The van der Waals surface area contributed by atoms with E-state index in [0.29, 0.717) is 0 Å². The largest absolute Gasteiger partial charge is 0.334 e. The Morgan fingerprint density at radius 2 is 0.871 bits per heavy atom. The van der Waals surface area contributed by atoms with Gasteiger partial charge in [-0.05, 0) is 204 Å². The van der Waals surface area contributed by atoms with Gasteiger partial charge in [0.25, 0.3) is 6.71 Å². The molecule has 6 aliphatic rings. The zero-order valence-electron chi connectivity index (χ0n) is 53.0. The first-order chi connectivity index (χ1) is 40.4. The summed E-state index contributed by atoms with van der Waals surface area (Å²) in [7, 11) is 0. The van der Waals surface area contributed by atoms with Crippen LogP contribution in [0.2, 0.25) is 0 Å². The number of benzene rings is 9. The van der Waals surface area contributed by atoms with E-state index in [0.717, 1.165) is 25.7 Å². The summed E-state index contributed by atoms with van der Waals surface area (Å²) in [6.07, 6.45) is 6.87. The van der Waals surface area contributed by atoms with Crippen molar-refractivity contribution in [3.05, 3.63) is 221 Å². The quantitative estimate of drug-likeness (QED) is 0.154. The van der Waals surface area contributed by atoms with Gasteiger partial charge in [-0.3, -0.25) is 0 Å². The number of hydrogen-bond acceptors (Lipinski definition) is 3. The molecular weight excluding hydrogens is 1030 g/mol. The predicted molar refractivity (Wildman–Crippen MR) is 364 cm³/mol. The lowest BCUT2D eigenvalue weighted by Crippen LogP contribution is -2.62. The second-order valence-electron chi connectivity index (χ2n) is 30.8. The monoisotopic (exact) mass is 1110 g/mol. The minimum atomic E-state index is -0.207. The molecule has 0 saturated heterocycles. The van der Waals surface area contributed by atoms with Crippen molar-refractivity contribution in [2.75, 3.05) is 14.7 Å². The van der Waals surface area contributed by atoms with E-state index in [9.17, 15) is 0 Å². The maximum Gasteiger partial charge on any atom is 0.252 e. The molecule has 0 N–H and O–H groups in total. The molecule has 2 atom stereocenters. The fraction of sp³-hybridized carbons (Fsp3) is 0.333. The van der Waals surface area contributed by atoms with Crippen molar-refractivity contribution in [1.29, 1.82) is 0 Å². The summed E-state index contributed by atoms with van der Waals surface area (Å²) in [5.41, 5.74) is 31.5. The molecule has 15 rings (SSSR count). The number of fused-ring (bicyclic) bond motifs is 9. The molecule has 3 aliphatic heterocycles. The molecule has 85 heavy (non-hydrogen) atoms. The third kappa shape index (κ3) is 7.91. The number of anilines is 8. The predicted octanol–water partition coefficient (Wildman–Crippen LogP) is 20.0. The molecule has 3 nitrogen and oxygen atoms in total. The van der Waals surface area contributed by atoms with E-state index in [1.165, 1.54) is 147 Å². The highest BCUT2D eigenvalue weighted by molar-refractivity contribution is 7.00. The maximum atomic E-state index is 2.86. The van der Waals surface area contributed by atoms with Gasteiger partial charge in [0.05, 0.1) is 11.2 Å². The molecule has 3 heterocycles. The lowest BCUT2D eigenvalue weighted by molar-refractivity contribution is 0.195. The molecule has 2 unspecified atom stereocenters. The highest BCUT2D eigenvalue weighted by atomic mass is 15.3. The van der Waals surface area contributed by atoms with Crippen LogP contribution < -0.4 is 31.1 Å². The standard InChI is InChI=1S/C81H84BN3/c1-51-40-60-62(78(9,10)49-76(60,5)6)47-70(51)84-69-36-33-56(53-28-20-16-21-29-53)42-65(69)82-66-46-61-63(79(11,12)50-77(61,7)8)48-71(66)83(67-37-34-57(75(2,3)4)43-59(67)54-30-22-17-23-31-54)72-44-58(45-73(84)74(72)82)85-68-35-32-55(52-26-18-15-19-27-52)41-64(68)80(13)38-24-25-39-81(80,85)14/h15-23,26-37,40-48H,24-25,38-39,49-50H2,1-14H3. The van der Waals surface area contributed by atoms with Gasteiger partial charge in [0.15, 0.2) is 0 Å². The van der Waals surface area contributed by atoms with Crippen molar-refractivity contribution < 1.29 is 0 Å². The Morgan fingerprint density at radius 3 is 1.46 bits per heavy atom. The topological polar surface area (TPSA) is 9.72 Å². The van der Waals surface area contributed by atoms with Crippen LogP contribution in [0.3, 0.4) is 0 Å². The molecule has 4 heteroatoms. The number of rotatable bonds is 6. The number of nitrogens with zero attached hydrogens (tertiary/aromatic N) is 3. The Bertz CT molecular complexity index is 4240. The maximum absolute atomic E-state index is 2.86. The Labute approximate surface area is 508 Å². The Kier molecular flexibility index (Phi) is 11.6. The molecular formula is C81H84BN3. The second-order valence-corrected chi connectivity index (χ2v) is 30.8. The van der Waals surface area contributed by atoms with E-state index in [4.69, 9.17) is 0 Å². The van der Waals surface area contributed by atoms with Gasteiger partial charge in [-0.25, -0.2) is 0 Å². The summed E-state index contributed by atoms with van der Waals surface area (Å²) in [6, 6.07) is 71.8. The van der Waals surface area contributed by atoms with Crippen molar-refractivity contribution in [2.24, 2.45) is 0 Å². The van der Waals surface area contributed by atoms with E-state index in [-0.39, 0.29) is 44.7 Å². The van der Waals surface area contributed by atoms with Crippen LogP contribution in [0.15, 0.2) is 182 Å². The van der Waals surface area contributed by atoms with Crippen molar-refractivity contribution in [2.45, 2.75) is 173 Å². The lowest BCUT2D eigenvalue weighted by Gasteiger charge is -2.51. The van der Waals surface area contributed by atoms with E-state index < -0.39 is 0 Å². The molecule has 0 spiro atoms. The molecule has 3 aliphatic carbocycles. The summed E-state index contributed by atoms with van der Waals surface area (Å²) in [5, 5.41) is 0. The molecule has 0 aromatic heterocycles. The normalized spacial score (nSPS) is 21.4. The first-order valence-corrected chi connectivity index (χ1v) is 31.9. The Hall–Kier alpha value is -7.56. The van der Waals surface area contributed by atoms with Crippen LogP contribution in [0.4, 0.5) is 45.5 Å². The van der Waals surface area contributed by atoms with E-state index in [2.05, 4.69) is 294 Å². The summed E-state index contributed by atoms with van der Waals surface area (Å²) < 4.78 is 0. The lowest BCUT2D eigenvalue weighted by atomic mass is 9.33. The van der Waals surface area contributed by atoms with Gasteiger partial charge in [-0.15, -0.1) is 0 Å². The molecule has 1 saturated carbocycles. The van der Waals surface area contributed by atoms with E-state index in [1.807, 2.05) is 0 Å². The van der Waals surface area contributed by atoms with Crippen molar-refractivity contribution in [3.63, 3.8) is 0 Å². The van der Waals surface area contributed by atoms with Crippen LogP contribution in [0.25, 0.3) is 33.4 Å². The second kappa shape index (κ2) is 18.2. The molecule has 9 aromatic rings. The zero-order chi connectivity index (χ0) is 59.1. The van der Waals surface area contributed by atoms with E-state index >= 15 is 0 Å². The van der Waals surface area contributed by atoms with Gasteiger partial charge in [0.1, 0.15) is 0 Å². The number of hydrogen-bond donors (Lipinski definition) is 0. The summed E-state index contributed by atoms with van der Waals surface area (Å²) in [5.74, 6) is 0. The van der Waals surface area contributed by atoms with Gasteiger partial charge < -0.3 is 14.7 Å². The van der Waals surface area contributed by atoms with Gasteiger partial charge >= 0.3 is 0 Å². The molecule has 0 radical (unpaired) electrons.